The molecule has 0 radical (unpaired) electrons. The molecular formula is C19H16N6O2. The molecule has 4 rings (SSSR count). The van der Waals surface area contributed by atoms with Crippen molar-refractivity contribution in [3.63, 3.8) is 0 Å². The predicted molar refractivity (Wildman–Crippen MR) is 101 cm³/mol. The molecule has 1 aromatic carbocycles. The lowest BCUT2D eigenvalue weighted by molar-refractivity contribution is 0.0997. The van der Waals surface area contributed by atoms with Crippen molar-refractivity contribution in [1.29, 1.82) is 0 Å². The molecule has 27 heavy (non-hydrogen) atoms. The summed E-state index contributed by atoms with van der Waals surface area (Å²) in [6.07, 6.45) is 0. The number of rotatable bonds is 3. The molecule has 8 nitrogen and oxygen atoms in total. The molecule has 0 aliphatic carbocycles. The van der Waals surface area contributed by atoms with Gasteiger partial charge in [0, 0.05) is 5.69 Å². The highest BCUT2D eigenvalue weighted by Crippen LogP contribution is 2.21. The fourth-order valence-corrected chi connectivity index (χ4v) is 2.88. The van der Waals surface area contributed by atoms with Gasteiger partial charge in [0.1, 0.15) is 11.2 Å². The lowest BCUT2D eigenvalue weighted by Crippen LogP contribution is -2.15. The zero-order chi connectivity index (χ0) is 19.1. The normalized spacial score (nSPS) is 11.0. The molecule has 0 aliphatic heterocycles. The Kier molecular flexibility index (Phi) is 3.80. The van der Waals surface area contributed by atoms with E-state index < -0.39 is 11.6 Å². The highest BCUT2D eigenvalue weighted by Gasteiger charge is 2.20. The Balaban J connectivity index is 2.06. The number of benzene rings is 1. The molecule has 0 saturated carbocycles. The first kappa shape index (κ1) is 16.6. The molecule has 0 aliphatic rings. The Bertz CT molecular complexity index is 1240. The molecule has 0 fully saturated rings. The third-order valence-electron chi connectivity index (χ3n) is 4.18. The number of carbonyl (C=O) groups excluding carboxylic acids is 1. The minimum Gasteiger partial charge on any atom is -0.364 e. The van der Waals surface area contributed by atoms with Crippen LogP contribution in [0.4, 0.5) is 0 Å². The molecule has 3 heterocycles. The van der Waals surface area contributed by atoms with Gasteiger partial charge in [-0.1, -0.05) is 23.8 Å². The van der Waals surface area contributed by atoms with Gasteiger partial charge in [-0.15, -0.1) is 0 Å². The van der Waals surface area contributed by atoms with Crippen molar-refractivity contribution in [2.24, 2.45) is 5.73 Å². The van der Waals surface area contributed by atoms with Gasteiger partial charge in [0.25, 0.3) is 5.91 Å². The first-order valence-electron chi connectivity index (χ1n) is 8.27. The number of fused-ring (bicyclic) bond motifs is 1. The Morgan fingerprint density at radius 1 is 1.04 bits per heavy atom. The van der Waals surface area contributed by atoms with Crippen LogP contribution in [0.1, 0.15) is 21.7 Å². The number of aromatic amines is 1. The number of aromatic nitrogens is 5. The molecule has 4 aromatic rings. The van der Waals surface area contributed by atoms with E-state index in [1.54, 1.807) is 18.2 Å². The number of H-pyrrole nitrogens is 1. The van der Waals surface area contributed by atoms with Crippen LogP contribution >= 0.6 is 0 Å². The second-order valence-electron chi connectivity index (χ2n) is 6.22. The van der Waals surface area contributed by atoms with Crippen LogP contribution in [0.15, 0.2) is 47.3 Å². The number of nitrogens with zero attached hydrogens (tertiary/aromatic N) is 4. The first-order valence-corrected chi connectivity index (χ1v) is 8.27. The Morgan fingerprint density at radius 2 is 1.78 bits per heavy atom. The van der Waals surface area contributed by atoms with Crippen molar-refractivity contribution < 1.29 is 4.79 Å². The van der Waals surface area contributed by atoms with Crippen LogP contribution in [0.3, 0.4) is 0 Å². The van der Waals surface area contributed by atoms with E-state index in [2.05, 4.69) is 19.9 Å². The van der Waals surface area contributed by atoms with E-state index in [-0.39, 0.29) is 22.7 Å². The van der Waals surface area contributed by atoms with Gasteiger partial charge in [-0.25, -0.2) is 24.3 Å². The number of hydrogen-bond acceptors (Lipinski definition) is 5. The molecule has 0 bridgehead atoms. The number of carbonyl (C=O) groups is 1. The molecule has 3 N–H and O–H groups in total. The van der Waals surface area contributed by atoms with Crippen molar-refractivity contribution >= 4 is 17.1 Å². The maximum absolute atomic E-state index is 12.6. The van der Waals surface area contributed by atoms with Crippen molar-refractivity contribution in [2.75, 3.05) is 0 Å². The summed E-state index contributed by atoms with van der Waals surface area (Å²) < 4.78 is 1.39. The largest absolute Gasteiger partial charge is 0.364 e. The highest BCUT2D eigenvalue weighted by molar-refractivity contribution is 6.02. The van der Waals surface area contributed by atoms with Crippen LogP contribution in [0.5, 0.6) is 0 Å². The van der Waals surface area contributed by atoms with E-state index >= 15 is 0 Å². The van der Waals surface area contributed by atoms with Gasteiger partial charge in [0.15, 0.2) is 17.2 Å². The molecule has 0 atom stereocenters. The average Bonchev–Trinajstić information content (AvgIpc) is 2.97. The number of imidazole rings is 1. The third-order valence-corrected chi connectivity index (χ3v) is 4.18. The maximum Gasteiger partial charge on any atom is 0.332 e. The SMILES string of the molecule is Cc1ccc(-n2c(=O)[nH]c3c(C(N)=O)nc(-c4cccc(C)n4)nc32)cc1. The van der Waals surface area contributed by atoms with E-state index in [4.69, 9.17) is 5.73 Å². The molecule has 0 unspecified atom stereocenters. The number of hydrogen-bond donors (Lipinski definition) is 2. The van der Waals surface area contributed by atoms with Crippen LogP contribution in [-0.4, -0.2) is 30.4 Å². The van der Waals surface area contributed by atoms with Gasteiger partial charge in [-0.3, -0.25) is 4.79 Å². The van der Waals surface area contributed by atoms with E-state index in [0.29, 0.717) is 11.4 Å². The quantitative estimate of drug-likeness (QED) is 0.578. The summed E-state index contributed by atoms with van der Waals surface area (Å²) >= 11 is 0. The Labute approximate surface area is 153 Å². The Morgan fingerprint density at radius 3 is 2.44 bits per heavy atom. The minimum atomic E-state index is -0.756. The third kappa shape index (κ3) is 2.86. The van der Waals surface area contributed by atoms with E-state index in [9.17, 15) is 9.59 Å². The lowest BCUT2D eigenvalue weighted by atomic mass is 10.2. The monoisotopic (exact) mass is 360 g/mol. The summed E-state index contributed by atoms with van der Waals surface area (Å²) in [6.45, 7) is 3.80. The molecule has 0 spiro atoms. The summed E-state index contributed by atoms with van der Waals surface area (Å²) in [5, 5.41) is 0. The average molecular weight is 360 g/mol. The van der Waals surface area contributed by atoms with Gasteiger partial charge in [-0.2, -0.15) is 0 Å². The summed E-state index contributed by atoms with van der Waals surface area (Å²) in [5.74, 6) is -0.534. The van der Waals surface area contributed by atoms with Crippen LogP contribution in [-0.2, 0) is 0 Å². The summed E-state index contributed by atoms with van der Waals surface area (Å²) in [7, 11) is 0. The minimum absolute atomic E-state index is 0.0544. The number of pyridine rings is 1. The number of aryl methyl sites for hydroxylation is 2. The van der Waals surface area contributed by atoms with Gasteiger partial charge >= 0.3 is 5.69 Å². The van der Waals surface area contributed by atoms with Gasteiger partial charge in [0.2, 0.25) is 0 Å². The second kappa shape index (κ2) is 6.17. The Hall–Kier alpha value is -3.81. The summed E-state index contributed by atoms with van der Waals surface area (Å²) in [6, 6.07) is 12.8. The van der Waals surface area contributed by atoms with E-state index in [0.717, 1.165) is 11.3 Å². The van der Waals surface area contributed by atoms with Crippen LogP contribution in [0.2, 0.25) is 0 Å². The molecular weight excluding hydrogens is 344 g/mol. The second-order valence-corrected chi connectivity index (χ2v) is 6.22. The standard InChI is InChI=1S/C19H16N6O2/c1-10-6-8-12(9-7-10)25-18-15(23-19(25)27)14(16(20)26)22-17(24-18)13-5-3-4-11(2)21-13/h3-9H,1-2H3,(H2,20,26)(H,23,27). The highest BCUT2D eigenvalue weighted by atomic mass is 16.2. The number of nitrogens with two attached hydrogens (primary N) is 1. The number of nitrogens with one attached hydrogen (secondary N) is 1. The molecule has 0 saturated heterocycles. The summed E-state index contributed by atoms with van der Waals surface area (Å²) in [5.41, 5.74) is 8.42. The molecule has 1 amide bonds. The molecule has 3 aromatic heterocycles. The van der Waals surface area contributed by atoms with E-state index in [1.165, 1.54) is 4.57 Å². The maximum atomic E-state index is 12.6. The predicted octanol–water partition coefficient (Wildman–Crippen LogP) is 1.89. The van der Waals surface area contributed by atoms with Crippen molar-refractivity contribution in [3.05, 3.63) is 69.9 Å². The van der Waals surface area contributed by atoms with Crippen LogP contribution < -0.4 is 11.4 Å². The van der Waals surface area contributed by atoms with Gasteiger partial charge < -0.3 is 10.7 Å². The van der Waals surface area contributed by atoms with Crippen LogP contribution in [0, 0.1) is 13.8 Å². The number of primary amides is 1. The van der Waals surface area contributed by atoms with E-state index in [1.807, 2.05) is 38.1 Å². The topological polar surface area (TPSA) is 120 Å². The molecule has 134 valence electrons. The van der Waals surface area contributed by atoms with Gasteiger partial charge in [-0.05, 0) is 38.1 Å². The first-order chi connectivity index (χ1) is 12.9. The van der Waals surface area contributed by atoms with Gasteiger partial charge in [0.05, 0.1) is 5.69 Å². The fraction of sp³-hybridized carbons (Fsp3) is 0.105. The number of amides is 1. The van der Waals surface area contributed by atoms with Crippen molar-refractivity contribution in [2.45, 2.75) is 13.8 Å². The molecule has 8 heteroatoms. The van der Waals surface area contributed by atoms with Crippen molar-refractivity contribution in [1.82, 2.24) is 24.5 Å². The summed E-state index contributed by atoms with van der Waals surface area (Å²) in [4.78, 5) is 40.3. The zero-order valence-corrected chi connectivity index (χ0v) is 14.7. The smallest absolute Gasteiger partial charge is 0.332 e. The van der Waals surface area contributed by atoms with Crippen LogP contribution in [0.25, 0.3) is 28.4 Å². The fourth-order valence-electron chi connectivity index (χ4n) is 2.88. The van der Waals surface area contributed by atoms with Crippen molar-refractivity contribution in [3.8, 4) is 17.2 Å². The zero-order valence-electron chi connectivity index (χ0n) is 14.7. The lowest BCUT2D eigenvalue weighted by Gasteiger charge is -2.07.